The number of hydrogen-bond donors (Lipinski definition) is 12. The number of nitrogens with one attached hydrogen (secondary N) is 7. The van der Waals surface area contributed by atoms with Crippen LogP contribution in [0.25, 0.3) is 0 Å². The van der Waals surface area contributed by atoms with Crippen molar-refractivity contribution >= 4 is 98.4 Å². The summed E-state index contributed by atoms with van der Waals surface area (Å²) in [7, 11) is 2.17. The van der Waals surface area contributed by atoms with Gasteiger partial charge in [-0.1, -0.05) is 35.4 Å². The van der Waals surface area contributed by atoms with Gasteiger partial charge in [0.1, 0.15) is 42.3 Å². The maximum atomic E-state index is 14.2. The number of thioether (sulfide) groups is 1. The molecule has 2 aliphatic heterocycles. The Morgan fingerprint density at radius 1 is 0.754 bits per heavy atom. The fourth-order valence-corrected chi connectivity index (χ4v) is 9.53. The van der Waals surface area contributed by atoms with E-state index in [1.807, 2.05) is 20.1 Å². The van der Waals surface area contributed by atoms with Crippen molar-refractivity contribution in [1.29, 1.82) is 0 Å². The molecule has 366 valence electrons. The summed E-state index contributed by atoms with van der Waals surface area (Å²) in [5.41, 5.74) is 27.5. The number of guanidine groups is 2. The first-order valence-electron chi connectivity index (χ1n) is 21.2. The number of fused-ring (bicyclic) bond motifs is 1. The summed E-state index contributed by atoms with van der Waals surface area (Å²) in [5, 5.41) is 18.4. The quantitative estimate of drug-likeness (QED) is 0.0320. The first kappa shape index (κ1) is 56.0. The van der Waals surface area contributed by atoms with Crippen LogP contribution >= 0.6 is 33.3 Å². The number of hydrogen-bond acceptors (Lipinski definition) is 14. The highest BCUT2D eigenvalue weighted by Crippen LogP contribution is 2.24. The second-order valence-electron chi connectivity index (χ2n) is 15.8. The molecular weight excluding hydrogens is 907 g/mol. The second kappa shape index (κ2) is 29.4. The van der Waals surface area contributed by atoms with Crippen LogP contribution in [0, 0.1) is 5.92 Å². The molecule has 0 bridgehead atoms. The fraction of sp³-hybridized carbons (Fsp3) is 0.711. The third kappa shape index (κ3) is 21.1. The molecule has 65 heavy (non-hydrogen) atoms. The summed E-state index contributed by atoms with van der Waals surface area (Å²) in [6, 6.07) is -8.15. The predicted octanol–water partition coefficient (Wildman–Crippen LogP) is -4.19. The first-order valence-corrected chi connectivity index (χ1v) is 25.1. The maximum absolute atomic E-state index is 14.2. The zero-order valence-corrected chi connectivity index (χ0v) is 39.8. The third-order valence-corrected chi connectivity index (χ3v) is 13.0. The van der Waals surface area contributed by atoms with Crippen LogP contribution in [0.3, 0.4) is 0 Å². The molecule has 0 aromatic rings. The molecule has 0 aliphatic carbocycles. The van der Waals surface area contributed by atoms with E-state index in [-0.39, 0.29) is 93.9 Å². The van der Waals surface area contributed by atoms with Crippen LogP contribution in [0.2, 0.25) is 0 Å². The molecule has 0 radical (unpaired) electrons. The molecule has 0 saturated carbocycles. The Labute approximate surface area is 391 Å². The van der Waals surface area contributed by atoms with E-state index in [0.29, 0.717) is 12.2 Å². The average Bonchev–Trinajstić information content (AvgIpc) is 3.73. The predicted molar refractivity (Wildman–Crippen MR) is 251 cm³/mol. The van der Waals surface area contributed by atoms with E-state index in [0.717, 1.165) is 21.6 Å². The Hall–Kier alpha value is -5.18. The number of nitrogens with two attached hydrogens (primary N) is 5. The molecule has 0 aromatic carbocycles. The standard InChI is InChI=1S/C38H67N15O9S3/c1-20(2)16-25-33(59)49-22(8-5-12-44-37(40)41)31(57)46-17-29(55)48-26(30(39)56)18-64-65-19-27(47-21(3)54)34(60)51-24(11-15-63-4)36(62)53-14-7-10-28(53)35(61)50-23(32(58)52-25)9-6-13-45-38(42)43/h20,22-28H,5-19H2,1-4H3,(H2,39,56)(H,46,57)(H,47,54)(H,48,55)(H,49,59)(H,50,61)(H,51,60)(H,52,58)(H4,40,41,44)(H4,42,43,45)/t22-,23+,24-,25-,26-,27-,28-/m0/s1. The molecular formula is C38H67N15O9S3. The maximum Gasteiger partial charge on any atom is 0.245 e. The van der Waals surface area contributed by atoms with Gasteiger partial charge in [0.25, 0.3) is 0 Å². The molecule has 17 N–H and O–H groups in total. The summed E-state index contributed by atoms with van der Waals surface area (Å²) in [4.78, 5) is 131. The van der Waals surface area contributed by atoms with Gasteiger partial charge >= 0.3 is 0 Å². The van der Waals surface area contributed by atoms with Crippen molar-refractivity contribution in [1.82, 2.24) is 42.1 Å². The number of primary amides is 1. The molecule has 7 atom stereocenters. The van der Waals surface area contributed by atoms with Gasteiger partial charge in [0.05, 0.1) is 6.54 Å². The van der Waals surface area contributed by atoms with Crippen molar-refractivity contribution in [3.05, 3.63) is 0 Å². The Bertz CT molecular complexity index is 1730. The van der Waals surface area contributed by atoms with E-state index in [1.165, 1.54) is 23.6 Å². The van der Waals surface area contributed by atoms with Crippen LogP contribution in [0.5, 0.6) is 0 Å². The van der Waals surface area contributed by atoms with Crippen molar-refractivity contribution < 1.29 is 43.2 Å². The highest BCUT2D eigenvalue weighted by Gasteiger charge is 2.40. The average molecular weight is 974 g/mol. The molecule has 2 heterocycles. The summed E-state index contributed by atoms with van der Waals surface area (Å²) in [5.74, 6) is -6.41. The molecule has 0 unspecified atom stereocenters. The van der Waals surface area contributed by atoms with Crippen molar-refractivity contribution in [3.8, 4) is 0 Å². The van der Waals surface area contributed by atoms with Gasteiger partial charge < -0.3 is 70.8 Å². The Kier molecular flexibility index (Phi) is 25.3. The van der Waals surface area contributed by atoms with Gasteiger partial charge in [0, 0.05) is 38.1 Å². The van der Waals surface area contributed by atoms with Crippen molar-refractivity contribution in [2.75, 3.05) is 49.7 Å². The van der Waals surface area contributed by atoms with Crippen LogP contribution in [-0.4, -0.2) is 162 Å². The fourth-order valence-electron chi connectivity index (χ4n) is 6.72. The van der Waals surface area contributed by atoms with Gasteiger partial charge in [-0.15, -0.1) is 0 Å². The van der Waals surface area contributed by atoms with Crippen molar-refractivity contribution in [3.63, 3.8) is 0 Å². The van der Waals surface area contributed by atoms with E-state index >= 15 is 0 Å². The molecule has 2 saturated heterocycles. The summed E-state index contributed by atoms with van der Waals surface area (Å²) in [6.07, 6.45) is 3.30. The topological polar surface area (TPSA) is 396 Å². The highest BCUT2D eigenvalue weighted by molar-refractivity contribution is 8.76. The number of carbonyl (C=O) groups is 9. The lowest BCUT2D eigenvalue weighted by Gasteiger charge is -2.31. The van der Waals surface area contributed by atoms with Gasteiger partial charge in [-0.2, -0.15) is 11.8 Å². The molecule has 2 aliphatic rings. The van der Waals surface area contributed by atoms with Crippen LogP contribution in [0.1, 0.15) is 72.1 Å². The molecule has 27 heteroatoms. The molecule has 0 spiro atoms. The minimum Gasteiger partial charge on any atom is -0.370 e. The minimum atomic E-state index is -1.25. The smallest absolute Gasteiger partial charge is 0.245 e. The molecule has 24 nitrogen and oxygen atoms in total. The largest absolute Gasteiger partial charge is 0.370 e. The third-order valence-electron chi connectivity index (χ3n) is 9.91. The van der Waals surface area contributed by atoms with E-state index in [1.54, 1.807) is 0 Å². The van der Waals surface area contributed by atoms with Crippen molar-refractivity contribution in [2.45, 2.75) is 114 Å². The summed E-state index contributed by atoms with van der Waals surface area (Å²) in [6.45, 7) is 4.64. The van der Waals surface area contributed by atoms with Gasteiger partial charge in [0.2, 0.25) is 53.2 Å². The lowest BCUT2D eigenvalue weighted by atomic mass is 10.0. The van der Waals surface area contributed by atoms with Crippen LogP contribution < -0.4 is 65.9 Å². The number of carbonyl (C=O) groups excluding carboxylic acids is 9. The molecule has 2 rings (SSSR count). The normalized spacial score (nSPS) is 24.8. The lowest BCUT2D eigenvalue weighted by Crippen LogP contribution is -2.59. The number of rotatable bonds is 15. The van der Waals surface area contributed by atoms with Gasteiger partial charge in [0.15, 0.2) is 11.9 Å². The lowest BCUT2D eigenvalue weighted by molar-refractivity contribution is -0.142. The van der Waals surface area contributed by atoms with E-state index < -0.39 is 102 Å². The molecule has 2 fully saturated rings. The van der Waals surface area contributed by atoms with Crippen LogP contribution in [0.15, 0.2) is 9.98 Å². The number of aliphatic imine (C=N–C) groups is 2. The SMILES string of the molecule is CSCC[C@@H]1NC(=O)[C@@H](NC(C)=O)CSSC[C@@H](C(N)=O)NC(=O)CNC(=O)[C@H](CCCN=C(N)N)NC(=O)[C@H](CC(C)C)NC(=O)[C@@H](CCCN=C(N)N)NC(=O)[C@@H]2CCCN2C1=O. The first-order chi connectivity index (χ1) is 30.7. The molecule has 9 amide bonds. The monoisotopic (exact) mass is 973 g/mol. The number of amides is 9. The van der Waals surface area contributed by atoms with Crippen LogP contribution in [0.4, 0.5) is 0 Å². The summed E-state index contributed by atoms with van der Waals surface area (Å²) >= 11 is 1.44. The Morgan fingerprint density at radius 3 is 1.88 bits per heavy atom. The zero-order chi connectivity index (χ0) is 48.6. The van der Waals surface area contributed by atoms with Crippen molar-refractivity contribution in [2.24, 2.45) is 44.6 Å². The summed E-state index contributed by atoms with van der Waals surface area (Å²) < 4.78 is 0. The van der Waals surface area contributed by atoms with E-state index in [9.17, 15) is 43.2 Å². The molecule has 0 aromatic heterocycles. The Morgan fingerprint density at radius 2 is 1.31 bits per heavy atom. The zero-order valence-electron chi connectivity index (χ0n) is 37.4. The second-order valence-corrected chi connectivity index (χ2v) is 19.3. The highest BCUT2D eigenvalue weighted by atomic mass is 33.1. The van der Waals surface area contributed by atoms with Gasteiger partial charge in [-0.05, 0) is 69.3 Å². The Balaban J connectivity index is 2.61. The van der Waals surface area contributed by atoms with E-state index in [4.69, 9.17) is 28.7 Å². The minimum absolute atomic E-state index is 0.00577. The van der Waals surface area contributed by atoms with Gasteiger partial charge in [-0.25, -0.2) is 0 Å². The van der Waals surface area contributed by atoms with Gasteiger partial charge in [-0.3, -0.25) is 53.1 Å². The number of nitrogens with zero attached hydrogens (tertiary/aromatic N) is 3. The van der Waals surface area contributed by atoms with Crippen LogP contribution in [-0.2, 0) is 43.2 Å². The van der Waals surface area contributed by atoms with E-state index in [2.05, 4.69) is 47.2 Å².